The molecule has 1 aromatic carbocycles. The Kier molecular flexibility index (Phi) is 4.48. The Morgan fingerprint density at radius 3 is 2.72 bits per heavy atom. The average Bonchev–Trinajstić information content (AvgIpc) is 2.94. The molecule has 3 fully saturated rings. The van der Waals surface area contributed by atoms with Crippen LogP contribution in [-0.4, -0.2) is 42.6 Å². The first-order chi connectivity index (χ1) is 11.9. The highest BCUT2D eigenvalue weighted by atomic mass is 127. The highest BCUT2D eigenvalue weighted by molar-refractivity contribution is 14.1. The third-order valence-electron chi connectivity index (χ3n) is 5.91. The Labute approximate surface area is 166 Å². The van der Waals surface area contributed by atoms with E-state index in [0.717, 1.165) is 37.4 Å². The number of ether oxygens (including phenoxy) is 1. The van der Waals surface area contributed by atoms with Gasteiger partial charge in [0.15, 0.2) is 0 Å². The van der Waals surface area contributed by atoms with Gasteiger partial charge in [-0.25, -0.2) is 0 Å². The molecule has 1 aromatic heterocycles. The van der Waals surface area contributed by atoms with Crippen molar-refractivity contribution in [1.29, 1.82) is 0 Å². The second-order valence-electron chi connectivity index (χ2n) is 7.54. The number of amides is 1. The number of benzene rings is 1. The van der Waals surface area contributed by atoms with Crippen molar-refractivity contribution in [1.82, 2.24) is 10.2 Å². The van der Waals surface area contributed by atoms with Crippen LogP contribution in [0.25, 0.3) is 10.1 Å². The first kappa shape index (κ1) is 17.5. The van der Waals surface area contributed by atoms with E-state index in [-0.39, 0.29) is 17.5 Å². The average molecular weight is 470 g/mol. The van der Waals surface area contributed by atoms with Crippen molar-refractivity contribution in [3.63, 3.8) is 0 Å². The molecule has 3 saturated heterocycles. The lowest BCUT2D eigenvalue weighted by atomic mass is 9.72. The van der Waals surface area contributed by atoms with E-state index in [2.05, 4.69) is 46.7 Å². The number of hydrogen-bond acceptors (Lipinski definition) is 4. The molecular weight excluding hydrogens is 447 g/mol. The number of nitrogens with one attached hydrogen (secondary N) is 1. The van der Waals surface area contributed by atoms with Gasteiger partial charge in [0, 0.05) is 25.2 Å². The zero-order valence-electron chi connectivity index (χ0n) is 14.8. The molecule has 2 aromatic rings. The number of halogens is 1. The van der Waals surface area contributed by atoms with E-state index in [1.165, 1.54) is 12.8 Å². The maximum absolute atomic E-state index is 13.1. The molecule has 1 atom stereocenters. The fourth-order valence-electron chi connectivity index (χ4n) is 4.40. The van der Waals surface area contributed by atoms with Gasteiger partial charge in [-0.2, -0.15) is 0 Å². The molecule has 1 N–H and O–H groups in total. The molecule has 0 aliphatic carbocycles. The molecule has 4 nitrogen and oxygen atoms in total. The lowest BCUT2D eigenvalue weighted by molar-refractivity contribution is -0.0377. The van der Waals surface area contributed by atoms with E-state index >= 15 is 0 Å². The van der Waals surface area contributed by atoms with Crippen LogP contribution in [0.2, 0.25) is 0 Å². The molecule has 134 valence electrons. The highest BCUT2D eigenvalue weighted by Crippen LogP contribution is 2.40. The van der Waals surface area contributed by atoms with E-state index in [0.29, 0.717) is 5.92 Å². The van der Waals surface area contributed by atoms with Crippen molar-refractivity contribution in [3.8, 4) is 5.75 Å². The molecule has 3 aliphatic heterocycles. The largest absolute Gasteiger partial charge is 0.497 e. The Balaban J connectivity index is 1.63. The van der Waals surface area contributed by atoms with Crippen LogP contribution in [0.3, 0.4) is 0 Å². The lowest BCUT2D eigenvalue weighted by Gasteiger charge is -2.56. The van der Waals surface area contributed by atoms with Gasteiger partial charge in [-0.15, -0.1) is 11.3 Å². The van der Waals surface area contributed by atoms with Crippen LogP contribution >= 0.6 is 33.9 Å². The smallest absolute Gasteiger partial charge is 0.262 e. The summed E-state index contributed by atoms with van der Waals surface area (Å²) in [5, 5.41) is 4.48. The van der Waals surface area contributed by atoms with Crippen LogP contribution in [0.1, 0.15) is 36.4 Å². The van der Waals surface area contributed by atoms with Crippen LogP contribution in [0.15, 0.2) is 18.2 Å². The molecule has 0 radical (unpaired) electrons. The normalized spacial score (nSPS) is 27.4. The van der Waals surface area contributed by atoms with Crippen molar-refractivity contribution >= 4 is 49.9 Å². The Morgan fingerprint density at radius 2 is 2.08 bits per heavy atom. The first-order valence-corrected chi connectivity index (χ1v) is 10.6. The zero-order valence-corrected chi connectivity index (χ0v) is 17.7. The van der Waals surface area contributed by atoms with E-state index in [1.807, 2.05) is 18.2 Å². The fraction of sp³-hybridized carbons (Fsp3) is 0.526. The summed E-state index contributed by atoms with van der Waals surface area (Å²) < 4.78 is 7.47. The van der Waals surface area contributed by atoms with Crippen LogP contribution in [0.4, 0.5) is 0 Å². The van der Waals surface area contributed by atoms with Gasteiger partial charge in [0.05, 0.1) is 7.11 Å². The quantitative estimate of drug-likeness (QED) is 0.687. The number of carbonyl (C=O) groups is 1. The van der Waals surface area contributed by atoms with Gasteiger partial charge >= 0.3 is 0 Å². The van der Waals surface area contributed by atoms with Crippen molar-refractivity contribution in [2.24, 2.45) is 5.92 Å². The molecule has 4 heterocycles. The van der Waals surface area contributed by atoms with Gasteiger partial charge in [0.25, 0.3) is 5.91 Å². The predicted molar refractivity (Wildman–Crippen MR) is 111 cm³/mol. The SMILES string of the molecule is COc1ccc2sc(C(=O)NC3C4CCN(CC4)C3(C)C)c(I)c2c1. The van der Waals surface area contributed by atoms with Gasteiger partial charge in [0.2, 0.25) is 0 Å². The van der Waals surface area contributed by atoms with Crippen LogP contribution < -0.4 is 10.1 Å². The Bertz CT molecular complexity index is 824. The van der Waals surface area contributed by atoms with E-state index in [9.17, 15) is 4.79 Å². The van der Waals surface area contributed by atoms with Gasteiger partial charge in [-0.1, -0.05) is 0 Å². The van der Waals surface area contributed by atoms with E-state index in [4.69, 9.17) is 4.74 Å². The summed E-state index contributed by atoms with van der Waals surface area (Å²) in [6.07, 6.45) is 2.38. The molecule has 25 heavy (non-hydrogen) atoms. The van der Waals surface area contributed by atoms with Crippen LogP contribution in [0, 0.1) is 9.49 Å². The minimum Gasteiger partial charge on any atom is -0.497 e. The molecule has 0 saturated carbocycles. The summed E-state index contributed by atoms with van der Waals surface area (Å²) in [5.74, 6) is 1.49. The third-order valence-corrected chi connectivity index (χ3v) is 8.57. The number of hydrogen-bond donors (Lipinski definition) is 1. The number of nitrogens with zero attached hydrogens (tertiary/aromatic N) is 1. The standard InChI is InChI=1S/C19H23IN2O2S/c1-19(2)17(11-6-8-22(19)9-7-11)21-18(23)16-15(20)13-10-12(24-3)4-5-14(13)25-16/h4-5,10-11,17H,6-9H2,1-3H3,(H,21,23). The monoisotopic (exact) mass is 470 g/mol. The van der Waals surface area contributed by atoms with Crippen molar-refractivity contribution in [3.05, 3.63) is 26.6 Å². The molecule has 6 heteroatoms. The Morgan fingerprint density at radius 1 is 1.36 bits per heavy atom. The fourth-order valence-corrected chi connectivity index (χ4v) is 6.59. The third kappa shape index (κ3) is 2.86. The number of rotatable bonds is 3. The van der Waals surface area contributed by atoms with E-state index < -0.39 is 0 Å². The summed E-state index contributed by atoms with van der Waals surface area (Å²) in [7, 11) is 1.67. The van der Waals surface area contributed by atoms with Gasteiger partial charge in [-0.05, 0) is 86.5 Å². The molecular formula is C19H23IN2O2S. The maximum atomic E-state index is 13.1. The predicted octanol–water partition coefficient (Wildman–Crippen LogP) is 4.12. The summed E-state index contributed by atoms with van der Waals surface area (Å²) in [4.78, 5) is 16.4. The zero-order chi connectivity index (χ0) is 17.8. The number of fused-ring (bicyclic) bond motifs is 4. The summed E-state index contributed by atoms with van der Waals surface area (Å²) in [6.45, 7) is 6.85. The second kappa shape index (κ2) is 6.39. The van der Waals surface area contributed by atoms with Crippen LogP contribution in [0.5, 0.6) is 5.75 Å². The molecule has 5 rings (SSSR count). The van der Waals surface area contributed by atoms with E-state index in [1.54, 1.807) is 18.4 Å². The number of piperidine rings is 3. The highest BCUT2D eigenvalue weighted by Gasteiger charge is 2.48. The molecule has 0 spiro atoms. The summed E-state index contributed by atoms with van der Waals surface area (Å²) >= 11 is 3.86. The molecule has 1 amide bonds. The molecule has 3 aliphatic rings. The maximum Gasteiger partial charge on any atom is 0.262 e. The number of methoxy groups -OCH3 is 1. The topological polar surface area (TPSA) is 41.6 Å². The summed E-state index contributed by atoms with van der Waals surface area (Å²) in [6, 6.07) is 6.23. The minimum atomic E-state index is 0.0299. The Hall–Kier alpha value is -0.860. The van der Waals surface area contributed by atoms with Crippen LogP contribution in [-0.2, 0) is 0 Å². The number of thiophene rings is 1. The second-order valence-corrected chi connectivity index (χ2v) is 9.67. The lowest BCUT2D eigenvalue weighted by Crippen LogP contribution is -2.69. The van der Waals surface area contributed by atoms with Gasteiger partial charge in [0.1, 0.15) is 10.6 Å². The first-order valence-electron chi connectivity index (χ1n) is 8.74. The molecule has 1 unspecified atom stereocenters. The molecule has 2 bridgehead atoms. The number of carbonyl (C=O) groups excluding carboxylic acids is 1. The minimum absolute atomic E-state index is 0.0299. The van der Waals surface area contributed by atoms with Gasteiger partial charge in [-0.3, -0.25) is 9.69 Å². The summed E-state index contributed by atoms with van der Waals surface area (Å²) in [5.41, 5.74) is 0.0299. The van der Waals surface area contributed by atoms with Crippen molar-refractivity contribution in [2.45, 2.75) is 38.3 Å². The van der Waals surface area contributed by atoms with Gasteiger partial charge < -0.3 is 10.1 Å². The van der Waals surface area contributed by atoms with Crippen molar-refractivity contribution < 1.29 is 9.53 Å². The van der Waals surface area contributed by atoms with Crippen molar-refractivity contribution in [2.75, 3.05) is 20.2 Å².